The maximum Gasteiger partial charge on any atom is 0.225 e. The van der Waals surface area contributed by atoms with Gasteiger partial charge in [-0.1, -0.05) is 18.2 Å². The number of hydrogen-bond acceptors (Lipinski definition) is 6. The molecule has 0 N–H and O–H groups in total. The largest absolute Gasteiger partial charge is 0.496 e. The molecule has 2 aromatic carbocycles. The van der Waals surface area contributed by atoms with Crippen LogP contribution >= 0.6 is 0 Å². The summed E-state index contributed by atoms with van der Waals surface area (Å²) in [4.78, 5) is 15.8. The first-order chi connectivity index (χ1) is 16.2. The molecule has 7 nitrogen and oxygen atoms in total. The van der Waals surface area contributed by atoms with Crippen molar-refractivity contribution in [1.29, 1.82) is 0 Å². The van der Waals surface area contributed by atoms with E-state index in [4.69, 9.17) is 14.5 Å². The van der Waals surface area contributed by atoms with Gasteiger partial charge in [0.25, 0.3) is 0 Å². The summed E-state index contributed by atoms with van der Waals surface area (Å²) in [6.07, 6.45) is 5.16. The van der Waals surface area contributed by atoms with Crippen molar-refractivity contribution < 1.29 is 13.9 Å². The highest BCUT2D eigenvalue weighted by molar-refractivity contribution is 5.83. The van der Waals surface area contributed by atoms with E-state index < -0.39 is 0 Å². The fourth-order valence-corrected chi connectivity index (χ4v) is 4.93. The Labute approximate surface area is 190 Å². The highest BCUT2D eigenvalue weighted by Gasteiger charge is 2.29. The molecule has 8 heteroatoms. The molecule has 2 aliphatic rings. The van der Waals surface area contributed by atoms with Crippen LogP contribution in [0, 0.1) is 5.82 Å². The molecular weight excluding hydrogens is 421 g/mol. The van der Waals surface area contributed by atoms with Gasteiger partial charge in [-0.2, -0.15) is 0 Å². The quantitative estimate of drug-likeness (QED) is 0.473. The lowest BCUT2D eigenvalue weighted by atomic mass is 10.0. The van der Waals surface area contributed by atoms with Gasteiger partial charge in [-0.05, 0) is 18.6 Å². The summed E-state index contributed by atoms with van der Waals surface area (Å²) in [5, 5.41) is 0. The average Bonchev–Trinajstić information content (AvgIpc) is 3.43. The van der Waals surface area contributed by atoms with Crippen molar-refractivity contribution in [3.63, 3.8) is 0 Å². The summed E-state index contributed by atoms with van der Waals surface area (Å²) in [6, 6.07) is 11.6. The standard InChI is InChI=1S/C25H24FN5O2/c1-32-23-5-3-2-4-17(23)21-6-7-24-29-20-13-19(26)18(12-22(20)31(21)24)16-14-27-25(28-15-16)30-8-10-33-11-9-30/h2-5,12-15,21H,6-11H2,1H3. The van der Waals surface area contributed by atoms with E-state index in [0.717, 1.165) is 48.6 Å². The lowest BCUT2D eigenvalue weighted by Crippen LogP contribution is -2.37. The van der Waals surface area contributed by atoms with Crippen LogP contribution in [0.15, 0.2) is 48.8 Å². The zero-order chi connectivity index (χ0) is 22.4. The van der Waals surface area contributed by atoms with Crippen LogP contribution in [0.4, 0.5) is 10.3 Å². The molecule has 1 unspecified atom stereocenters. The first-order valence-electron chi connectivity index (χ1n) is 11.2. The molecule has 0 amide bonds. The van der Waals surface area contributed by atoms with Crippen molar-refractivity contribution >= 4 is 17.0 Å². The van der Waals surface area contributed by atoms with Gasteiger partial charge in [0.05, 0.1) is 37.4 Å². The number of para-hydroxylation sites is 1. The van der Waals surface area contributed by atoms with E-state index >= 15 is 4.39 Å². The number of anilines is 1. The highest BCUT2D eigenvalue weighted by atomic mass is 19.1. The van der Waals surface area contributed by atoms with Gasteiger partial charge in [-0.3, -0.25) is 0 Å². The first kappa shape index (κ1) is 20.1. The van der Waals surface area contributed by atoms with Crippen molar-refractivity contribution in [3.05, 3.63) is 66.0 Å². The molecule has 0 aliphatic carbocycles. The monoisotopic (exact) mass is 445 g/mol. The van der Waals surface area contributed by atoms with Gasteiger partial charge in [0, 0.05) is 54.7 Å². The lowest BCUT2D eigenvalue weighted by Gasteiger charge is -2.26. The topological polar surface area (TPSA) is 65.3 Å². The second-order valence-electron chi connectivity index (χ2n) is 8.39. The number of morpholine rings is 1. The van der Waals surface area contributed by atoms with Crippen LogP contribution in [-0.4, -0.2) is 52.9 Å². The molecule has 4 heterocycles. The summed E-state index contributed by atoms with van der Waals surface area (Å²) in [5.41, 5.74) is 3.81. The number of ether oxygens (including phenoxy) is 2. The number of aryl methyl sites for hydroxylation is 1. The van der Waals surface area contributed by atoms with Crippen LogP contribution in [0.3, 0.4) is 0 Å². The van der Waals surface area contributed by atoms with Gasteiger partial charge in [0.2, 0.25) is 5.95 Å². The fourth-order valence-electron chi connectivity index (χ4n) is 4.93. The zero-order valence-corrected chi connectivity index (χ0v) is 18.4. The van der Waals surface area contributed by atoms with E-state index in [0.29, 0.717) is 35.8 Å². The van der Waals surface area contributed by atoms with Crippen molar-refractivity contribution in [3.8, 4) is 16.9 Å². The van der Waals surface area contributed by atoms with E-state index in [1.807, 2.05) is 24.3 Å². The van der Waals surface area contributed by atoms with Gasteiger partial charge in [0.1, 0.15) is 17.4 Å². The maximum atomic E-state index is 15.1. The van der Waals surface area contributed by atoms with Crippen molar-refractivity contribution in [1.82, 2.24) is 19.5 Å². The van der Waals surface area contributed by atoms with Crippen molar-refractivity contribution in [2.75, 3.05) is 38.3 Å². The van der Waals surface area contributed by atoms with Gasteiger partial charge >= 0.3 is 0 Å². The van der Waals surface area contributed by atoms with Crippen molar-refractivity contribution in [2.45, 2.75) is 18.9 Å². The van der Waals surface area contributed by atoms with Gasteiger partial charge in [0.15, 0.2) is 0 Å². The Morgan fingerprint density at radius 3 is 2.67 bits per heavy atom. The molecule has 0 radical (unpaired) electrons. The van der Waals surface area contributed by atoms with Crippen LogP contribution in [0.5, 0.6) is 5.75 Å². The molecule has 2 aromatic heterocycles. The minimum Gasteiger partial charge on any atom is -0.496 e. The third-order valence-corrected chi connectivity index (χ3v) is 6.55. The Bertz CT molecular complexity index is 1310. The van der Waals surface area contributed by atoms with Gasteiger partial charge in [-0.25, -0.2) is 19.3 Å². The number of imidazole rings is 1. The van der Waals surface area contributed by atoms with E-state index in [-0.39, 0.29) is 11.9 Å². The van der Waals surface area contributed by atoms with Crippen LogP contribution < -0.4 is 9.64 Å². The smallest absolute Gasteiger partial charge is 0.225 e. The molecule has 1 atom stereocenters. The third kappa shape index (κ3) is 3.41. The predicted octanol–water partition coefficient (Wildman–Crippen LogP) is 4.01. The Kier molecular flexibility index (Phi) is 4.95. The van der Waals surface area contributed by atoms with E-state index in [9.17, 15) is 0 Å². The molecule has 1 saturated heterocycles. The van der Waals surface area contributed by atoms with Crippen LogP contribution in [0.1, 0.15) is 23.9 Å². The summed E-state index contributed by atoms with van der Waals surface area (Å²) in [5.74, 6) is 2.14. The number of benzene rings is 2. The highest BCUT2D eigenvalue weighted by Crippen LogP contribution is 2.40. The third-order valence-electron chi connectivity index (χ3n) is 6.55. The molecule has 4 aromatic rings. The molecule has 6 rings (SSSR count). The SMILES string of the molecule is COc1ccccc1C1CCc2nc3cc(F)c(-c4cnc(N5CCOCC5)nc4)cc3n21. The fraction of sp³-hybridized carbons (Fsp3) is 0.320. The molecule has 0 bridgehead atoms. The first-order valence-corrected chi connectivity index (χ1v) is 11.2. The Morgan fingerprint density at radius 1 is 1.09 bits per heavy atom. The molecule has 2 aliphatic heterocycles. The predicted molar refractivity (Wildman–Crippen MR) is 123 cm³/mol. The minimum atomic E-state index is -0.323. The molecule has 1 fully saturated rings. The van der Waals surface area contributed by atoms with Crippen molar-refractivity contribution in [2.24, 2.45) is 0 Å². The zero-order valence-electron chi connectivity index (χ0n) is 18.4. The molecule has 168 valence electrons. The molecule has 0 spiro atoms. The Balaban J connectivity index is 1.41. The number of halogens is 1. The lowest BCUT2D eigenvalue weighted by molar-refractivity contribution is 0.122. The summed E-state index contributed by atoms with van der Waals surface area (Å²) in [6.45, 7) is 2.84. The number of aromatic nitrogens is 4. The van der Waals surface area contributed by atoms with Crippen LogP contribution in [0.25, 0.3) is 22.2 Å². The van der Waals surface area contributed by atoms with E-state index in [2.05, 4.69) is 25.5 Å². The molecular formula is C25H24FN5O2. The number of nitrogens with zero attached hydrogens (tertiary/aromatic N) is 5. The Morgan fingerprint density at radius 2 is 1.88 bits per heavy atom. The van der Waals surface area contributed by atoms with Crippen LogP contribution in [0.2, 0.25) is 0 Å². The second-order valence-corrected chi connectivity index (χ2v) is 8.39. The molecule has 33 heavy (non-hydrogen) atoms. The molecule has 0 saturated carbocycles. The van der Waals surface area contributed by atoms with Crippen LogP contribution in [-0.2, 0) is 11.2 Å². The van der Waals surface area contributed by atoms with E-state index in [1.54, 1.807) is 19.5 Å². The number of hydrogen-bond donors (Lipinski definition) is 0. The summed E-state index contributed by atoms with van der Waals surface area (Å²) >= 11 is 0. The number of rotatable bonds is 4. The average molecular weight is 445 g/mol. The Hall–Kier alpha value is -3.52. The summed E-state index contributed by atoms with van der Waals surface area (Å²) < 4.78 is 28.3. The van der Waals surface area contributed by atoms with E-state index in [1.165, 1.54) is 6.07 Å². The minimum absolute atomic E-state index is 0.0967. The summed E-state index contributed by atoms with van der Waals surface area (Å²) in [7, 11) is 1.69. The van der Waals surface area contributed by atoms with Gasteiger partial charge < -0.3 is 18.9 Å². The van der Waals surface area contributed by atoms with Gasteiger partial charge in [-0.15, -0.1) is 0 Å². The maximum absolute atomic E-state index is 15.1. The normalized spacial score (nSPS) is 18.0. The second kappa shape index (κ2) is 8.12. The number of fused-ring (bicyclic) bond motifs is 3. The number of methoxy groups -OCH3 is 1.